The molecule has 0 spiro atoms. The first-order chi connectivity index (χ1) is 10.8. The second kappa shape index (κ2) is 4.88. The summed E-state index contributed by atoms with van der Waals surface area (Å²) in [5, 5.41) is 0. The zero-order valence-electron chi connectivity index (χ0n) is 12.7. The average Bonchev–Trinajstić information content (AvgIpc) is 2.60. The lowest BCUT2D eigenvalue weighted by Crippen LogP contribution is -2.24. The first-order valence-electron chi connectivity index (χ1n) is 7.38. The number of nitrogens with zero attached hydrogens (tertiary/aromatic N) is 3. The van der Waals surface area contributed by atoms with Gasteiger partial charge in [0.25, 0.3) is 0 Å². The highest BCUT2D eigenvalue weighted by atomic mass is 15.2. The predicted molar refractivity (Wildman–Crippen MR) is 92.2 cm³/mol. The van der Waals surface area contributed by atoms with Crippen molar-refractivity contribution in [1.82, 2.24) is 4.98 Å². The van der Waals surface area contributed by atoms with Crippen LogP contribution in [-0.4, -0.2) is 19.1 Å². The third-order valence-corrected chi connectivity index (χ3v) is 4.26. The Bertz CT molecular complexity index is 827. The minimum Gasteiger partial charge on any atom is -0.341 e. The van der Waals surface area contributed by atoms with E-state index in [1.807, 2.05) is 18.3 Å². The minimum absolute atomic E-state index is 0.999. The first kappa shape index (κ1) is 12.9. The van der Waals surface area contributed by atoms with E-state index < -0.39 is 0 Å². The highest BCUT2D eigenvalue weighted by Gasteiger charge is 2.26. The van der Waals surface area contributed by atoms with Crippen LogP contribution >= 0.6 is 0 Å². The fourth-order valence-corrected chi connectivity index (χ4v) is 3.16. The Hall–Kier alpha value is -2.81. The van der Waals surface area contributed by atoms with Gasteiger partial charge in [-0.1, -0.05) is 30.3 Å². The number of benzene rings is 2. The summed E-state index contributed by atoms with van der Waals surface area (Å²) in [5.74, 6) is 0. The number of aromatic nitrogens is 1. The summed E-state index contributed by atoms with van der Waals surface area (Å²) in [7, 11) is 4.24. The van der Waals surface area contributed by atoms with E-state index >= 15 is 0 Å². The second-order valence-corrected chi connectivity index (χ2v) is 5.50. The summed E-state index contributed by atoms with van der Waals surface area (Å²) in [6, 6.07) is 20.9. The van der Waals surface area contributed by atoms with Gasteiger partial charge in [-0.2, -0.15) is 0 Å². The van der Waals surface area contributed by atoms with Gasteiger partial charge < -0.3 is 9.80 Å². The molecule has 22 heavy (non-hydrogen) atoms. The lowest BCUT2D eigenvalue weighted by molar-refractivity contribution is 1.09. The van der Waals surface area contributed by atoms with Crippen LogP contribution in [0.4, 0.5) is 22.7 Å². The Labute approximate surface area is 130 Å². The van der Waals surface area contributed by atoms with Crippen LogP contribution in [0.1, 0.15) is 0 Å². The Morgan fingerprint density at radius 3 is 2.09 bits per heavy atom. The van der Waals surface area contributed by atoms with Crippen molar-refractivity contribution < 1.29 is 0 Å². The van der Waals surface area contributed by atoms with Gasteiger partial charge in [0.05, 0.1) is 28.4 Å². The smallest absolute Gasteiger partial charge is 0.0745 e. The summed E-state index contributed by atoms with van der Waals surface area (Å²) >= 11 is 0. The molecule has 1 aliphatic rings. The molecule has 4 rings (SSSR count). The van der Waals surface area contributed by atoms with E-state index in [-0.39, 0.29) is 0 Å². The van der Waals surface area contributed by atoms with Crippen molar-refractivity contribution in [3.05, 3.63) is 66.9 Å². The average molecular weight is 287 g/mol. The molecule has 1 aromatic heterocycles. The Morgan fingerprint density at radius 2 is 1.36 bits per heavy atom. The number of hydrogen-bond acceptors (Lipinski definition) is 3. The Kier molecular flexibility index (Phi) is 2.86. The van der Waals surface area contributed by atoms with Crippen LogP contribution in [-0.2, 0) is 0 Å². The molecule has 0 saturated heterocycles. The van der Waals surface area contributed by atoms with E-state index in [1.165, 1.54) is 22.7 Å². The topological polar surface area (TPSA) is 19.4 Å². The molecule has 0 atom stereocenters. The van der Waals surface area contributed by atoms with Crippen LogP contribution in [0.5, 0.6) is 0 Å². The second-order valence-electron chi connectivity index (χ2n) is 5.50. The van der Waals surface area contributed by atoms with Crippen molar-refractivity contribution >= 4 is 22.7 Å². The molecule has 0 N–H and O–H groups in total. The maximum Gasteiger partial charge on any atom is 0.0745 e. The van der Waals surface area contributed by atoms with E-state index in [0.717, 1.165) is 11.3 Å². The van der Waals surface area contributed by atoms with E-state index in [1.54, 1.807) is 0 Å². The lowest BCUT2D eigenvalue weighted by Gasteiger charge is -2.37. The van der Waals surface area contributed by atoms with Gasteiger partial charge in [-0.3, -0.25) is 4.98 Å². The van der Waals surface area contributed by atoms with Crippen molar-refractivity contribution in [2.75, 3.05) is 23.9 Å². The number of pyridine rings is 1. The molecule has 3 heteroatoms. The monoisotopic (exact) mass is 287 g/mol. The minimum atomic E-state index is 0.999. The summed E-state index contributed by atoms with van der Waals surface area (Å²) < 4.78 is 0. The maximum absolute atomic E-state index is 4.53. The molecule has 0 unspecified atom stereocenters. The number of para-hydroxylation sites is 3. The number of fused-ring (bicyclic) bond motifs is 2. The van der Waals surface area contributed by atoms with Crippen LogP contribution in [0.2, 0.25) is 0 Å². The van der Waals surface area contributed by atoms with Gasteiger partial charge >= 0.3 is 0 Å². The molecule has 0 fully saturated rings. The zero-order valence-corrected chi connectivity index (χ0v) is 12.7. The number of anilines is 4. The quantitative estimate of drug-likeness (QED) is 0.652. The molecule has 1 aliphatic heterocycles. The Balaban J connectivity index is 1.98. The van der Waals surface area contributed by atoms with Gasteiger partial charge in [0, 0.05) is 25.9 Å². The molecule has 3 nitrogen and oxygen atoms in total. The van der Waals surface area contributed by atoms with Crippen LogP contribution < -0.4 is 9.80 Å². The SMILES string of the molecule is CN1c2ccccc2N(C)c2c(-c3ccccn3)cccc21. The van der Waals surface area contributed by atoms with Crippen molar-refractivity contribution in [3.8, 4) is 11.3 Å². The maximum atomic E-state index is 4.53. The molecule has 2 aromatic carbocycles. The molecule has 0 radical (unpaired) electrons. The third kappa shape index (κ3) is 1.79. The predicted octanol–water partition coefficient (Wildman–Crippen LogP) is 4.60. The van der Waals surface area contributed by atoms with Gasteiger partial charge in [-0.25, -0.2) is 0 Å². The van der Waals surface area contributed by atoms with Gasteiger partial charge in [-0.15, -0.1) is 0 Å². The molecule has 3 aromatic rings. The van der Waals surface area contributed by atoms with E-state index in [2.05, 4.69) is 77.4 Å². The van der Waals surface area contributed by atoms with Crippen molar-refractivity contribution in [2.24, 2.45) is 0 Å². The Morgan fingerprint density at radius 1 is 0.682 bits per heavy atom. The molecule has 2 heterocycles. The van der Waals surface area contributed by atoms with E-state index in [9.17, 15) is 0 Å². The first-order valence-corrected chi connectivity index (χ1v) is 7.38. The van der Waals surface area contributed by atoms with E-state index in [4.69, 9.17) is 0 Å². The standard InChI is InChI=1S/C19H17N3/c1-21-16-10-3-4-11-17(16)22(2)19-14(8-7-12-18(19)21)15-9-5-6-13-20-15/h3-13H,1-2H3. The van der Waals surface area contributed by atoms with Crippen molar-refractivity contribution in [1.29, 1.82) is 0 Å². The van der Waals surface area contributed by atoms with Crippen LogP contribution in [0, 0.1) is 0 Å². The van der Waals surface area contributed by atoms with Crippen molar-refractivity contribution in [2.45, 2.75) is 0 Å². The molecular weight excluding hydrogens is 270 g/mol. The number of rotatable bonds is 1. The zero-order chi connectivity index (χ0) is 15.1. The summed E-state index contributed by atoms with van der Waals surface area (Å²) in [6.45, 7) is 0. The summed E-state index contributed by atoms with van der Waals surface area (Å²) in [4.78, 5) is 9.03. The molecule has 108 valence electrons. The fourth-order valence-electron chi connectivity index (χ4n) is 3.16. The number of hydrogen-bond donors (Lipinski definition) is 0. The molecule has 0 aliphatic carbocycles. The molecule has 0 bridgehead atoms. The molecule has 0 amide bonds. The molecular formula is C19H17N3. The van der Waals surface area contributed by atoms with Crippen molar-refractivity contribution in [3.63, 3.8) is 0 Å². The van der Waals surface area contributed by atoms with Gasteiger partial charge in [0.15, 0.2) is 0 Å². The normalized spacial score (nSPS) is 12.8. The fraction of sp³-hybridized carbons (Fsp3) is 0.105. The highest BCUT2D eigenvalue weighted by molar-refractivity contribution is 5.99. The third-order valence-electron chi connectivity index (χ3n) is 4.26. The van der Waals surface area contributed by atoms with Gasteiger partial charge in [-0.05, 0) is 30.3 Å². The summed E-state index contributed by atoms with van der Waals surface area (Å²) in [6.07, 6.45) is 1.84. The molecule has 0 saturated carbocycles. The van der Waals surface area contributed by atoms with Gasteiger partial charge in [0.2, 0.25) is 0 Å². The highest BCUT2D eigenvalue weighted by Crippen LogP contribution is 2.49. The van der Waals surface area contributed by atoms with E-state index in [0.29, 0.717) is 0 Å². The largest absolute Gasteiger partial charge is 0.341 e. The van der Waals surface area contributed by atoms with Crippen LogP contribution in [0.3, 0.4) is 0 Å². The summed E-state index contributed by atoms with van der Waals surface area (Å²) in [5.41, 5.74) is 6.98. The lowest BCUT2D eigenvalue weighted by atomic mass is 10.0. The van der Waals surface area contributed by atoms with Crippen LogP contribution in [0.15, 0.2) is 66.9 Å². The van der Waals surface area contributed by atoms with Crippen LogP contribution in [0.25, 0.3) is 11.3 Å². The van der Waals surface area contributed by atoms with Gasteiger partial charge in [0.1, 0.15) is 0 Å².